The molecule has 3 rings (SSSR count). The fourth-order valence-electron chi connectivity index (χ4n) is 3.45. The summed E-state index contributed by atoms with van der Waals surface area (Å²) in [6, 6.07) is 0. The van der Waals surface area contributed by atoms with Gasteiger partial charge in [0.15, 0.2) is 0 Å². The van der Waals surface area contributed by atoms with Crippen LogP contribution in [-0.4, -0.2) is 47.0 Å². The number of aromatic nitrogens is 2. The van der Waals surface area contributed by atoms with Crippen molar-refractivity contribution >= 4 is 27.5 Å². The summed E-state index contributed by atoms with van der Waals surface area (Å²) in [5.41, 5.74) is 0.869. The Hall–Kier alpha value is -1.73. The summed E-state index contributed by atoms with van der Waals surface area (Å²) < 4.78 is 1.46. The molecule has 2 aromatic rings. The highest BCUT2D eigenvalue weighted by Gasteiger charge is 2.23. The number of nitrogens with zero attached hydrogens (tertiary/aromatic N) is 3. The Morgan fingerprint density at radius 2 is 2.08 bits per heavy atom. The molecule has 136 valence electrons. The van der Waals surface area contributed by atoms with E-state index >= 15 is 0 Å². The Morgan fingerprint density at radius 3 is 2.76 bits per heavy atom. The monoisotopic (exact) mass is 362 g/mol. The minimum atomic E-state index is -0.107. The molecule has 0 unspecified atom stereocenters. The molecule has 0 aromatic carbocycles. The van der Waals surface area contributed by atoms with Crippen molar-refractivity contribution in [3.63, 3.8) is 0 Å². The zero-order chi connectivity index (χ0) is 18.0. The van der Waals surface area contributed by atoms with E-state index in [1.165, 1.54) is 22.2 Å². The lowest BCUT2D eigenvalue weighted by atomic mass is 9.93. The molecule has 1 fully saturated rings. The summed E-state index contributed by atoms with van der Waals surface area (Å²) >= 11 is 1.53. The fourth-order valence-corrected chi connectivity index (χ4v) is 4.44. The molecule has 1 N–H and O–H groups in total. The van der Waals surface area contributed by atoms with E-state index in [2.05, 4.69) is 10.3 Å². The van der Waals surface area contributed by atoms with Crippen molar-refractivity contribution in [2.24, 2.45) is 5.92 Å². The van der Waals surface area contributed by atoms with Gasteiger partial charge in [-0.2, -0.15) is 0 Å². The van der Waals surface area contributed by atoms with E-state index in [1.54, 1.807) is 0 Å². The summed E-state index contributed by atoms with van der Waals surface area (Å²) in [7, 11) is 1.97. The second-order valence-electron chi connectivity index (χ2n) is 6.86. The Bertz CT molecular complexity index is 818. The van der Waals surface area contributed by atoms with Gasteiger partial charge < -0.3 is 10.2 Å². The number of aryl methyl sites for hydroxylation is 2. The van der Waals surface area contributed by atoms with Gasteiger partial charge in [-0.05, 0) is 58.2 Å². The van der Waals surface area contributed by atoms with Crippen molar-refractivity contribution in [2.45, 2.75) is 39.7 Å². The van der Waals surface area contributed by atoms with Crippen LogP contribution in [0.2, 0.25) is 0 Å². The molecule has 2 aromatic heterocycles. The Labute approximate surface area is 151 Å². The average Bonchev–Trinajstić information content (AvgIpc) is 2.91. The van der Waals surface area contributed by atoms with Gasteiger partial charge in [-0.15, -0.1) is 11.3 Å². The molecule has 0 radical (unpaired) electrons. The predicted octanol–water partition coefficient (Wildman–Crippen LogP) is 1.92. The highest BCUT2D eigenvalue weighted by atomic mass is 32.1. The van der Waals surface area contributed by atoms with Gasteiger partial charge in [-0.25, -0.2) is 4.98 Å². The molecular weight excluding hydrogens is 336 g/mol. The highest BCUT2D eigenvalue weighted by molar-refractivity contribution is 7.18. The topological polar surface area (TPSA) is 67.2 Å². The first-order valence-electron chi connectivity index (χ1n) is 8.88. The SMILES string of the molecule is CNCCC1CCN(C(=O)Cn2cnc3sc(C)c(C)c3c2=O)CC1. The van der Waals surface area contributed by atoms with Crippen LogP contribution in [0.4, 0.5) is 0 Å². The second kappa shape index (κ2) is 7.66. The largest absolute Gasteiger partial charge is 0.341 e. The van der Waals surface area contributed by atoms with Gasteiger partial charge in [-0.3, -0.25) is 14.2 Å². The van der Waals surface area contributed by atoms with Crippen molar-refractivity contribution < 1.29 is 4.79 Å². The van der Waals surface area contributed by atoms with Crippen LogP contribution < -0.4 is 10.9 Å². The summed E-state index contributed by atoms with van der Waals surface area (Å²) in [4.78, 5) is 33.4. The van der Waals surface area contributed by atoms with Gasteiger partial charge in [0.25, 0.3) is 5.56 Å². The summed E-state index contributed by atoms with van der Waals surface area (Å²) in [5.74, 6) is 0.702. The lowest BCUT2D eigenvalue weighted by Gasteiger charge is -2.32. The van der Waals surface area contributed by atoms with Crippen LogP contribution in [0.1, 0.15) is 29.7 Å². The van der Waals surface area contributed by atoms with Crippen LogP contribution in [0, 0.1) is 19.8 Å². The number of thiophene rings is 1. The molecule has 0 bridgehead atoms. The number of fused-ring (bicyclic) bond motifs is 1. The first kappa shape index (κ1) is 18.1. The fraction of sp³-hybridized carbons (Fsp3) is 0.611. The summed E-state index contributed by atoms with van der Waals surface area (Å²) in [5, 5.41) is 3.84. The van der Waals surface area contributed by atoms with E-state index in [0.717, 1.165) is 54.2 Å². The number of carbonyl (C=O) groups excluding carboxylic acids is 1. The maximum atomic E-state index is 12.7. The van der Waals surface area contributed by atoms with Crippen LogP contribution in [0.5, 0.6) is 0 Å². The van der Waals surface area contributed by atoms with E-state index in [1.807, 2.05) is 25.8 Å². The normalized spacial score (nSPS) is 15.9. The van der Waals surface area contributed by atoms with Crippen LogP contribution >= 0.6 is 11.3 Å². The van der Waals surface area contributed by atoms with Gasteiger partial charge in [0.05, 0.1) is 11.7 Å². The van der Waals surface area contributed by atoms with Crippen molar-refractivity contribution in [1.29, 1.82) is 0 Å². The van der Waals surface area contributed by atoms with E-state index in [-0.39, 0.29) is 18.0 Å². The quantitative estimate of drug-likeness (QED) is 0.882. The number of likely N-dealkylation sites (tertiary alicyclic amines) is 1. The van der Waals surface area contributed by atoms with Gasteiger partial charge in [0, 0.05) is 18.0 Å². The van der Waals surface area contributed by atoms with E-state index < -0.39 is 0 Å². The van der Waals surface area contributed by atoms with Crippen LogP contribution in [0.3, 0.4) is 0 Å². The molecule has 6 nitrogen and oxygen atoms in total. The zero-order valence-electron chi connectivity index (χ0n) is 15.2. The van der Waals surface area contributed by atoms with E-state index in [0.29, 0.717) is 11.3 Å². The molecule has 0 saturated carbocycles. The van der Waals surface area contributed by atoms with Crippen molar-refractivity contribution in [3.8, 4) is 0 Å². The van der Waals surface area contributed by atoms with E-state index in [9.17, 15) is 9.59 Å². The minimum absolute atomic E-state index is 0.0138. The van der Waals surface area contributed by atoms with Gasteiger partial charge >= 0.3 is 0 Å². The Balaban J connectivity index is 1.68. The molecule has 0 spiro atoms. The third-order valence-corrected chi connectivity index (χ3v) is 6.35. The lowest BCUT2D eigenvalue weighted by Crippen LogP contribution is -2.41. The predicted molar refractivity (Wildman–Crippen MR) is 101 cm³/mol. The second-order valence-corrected chi connectivity index (χ2v) is 8.06. The van der Waals surface area contributed by atoms with Crippen molar-refractivity contribution in [3.05, 3.63) is 27.1 Å². The molecule has 25 heavy (non-hydrogen) atoms. The number of hydrogen-bond acceptors (Lipinski definition) is 5. The van der Waals surface area contributed by atoms with Crippen LogP contribution in [0.15, 0.2) is 11.1 Å². The molecule has 1 saturated heterocycles. The van der Waals surface area contributed by atoms with E-state index in [4.69, 9.17) is 0 Å². The molecule has 0 atom stereocenters. The van der Waals surface area contributed by atoms with Gasteiger partial charge in [0.1, 0.15) is 11.4 Å². The van der Waals surface area contributed by atoms with Gasteiger partial charge in [0.2, 0.25) is 5.91 Å². The molecule has 1 amide bonds. The maximum absolute atomic E-state index is 12.7. The molecule has 3 heterocycles. The summed E-state index contributed by atoms with van der Waals surface area (Å²) in [6.07, 6.45) is 4.76. The standard InChI is InChI=1S/C18H26N4O2S/c1-12-13(2)25-17-16(12)18(24)22(11-20-17)10-15(23)21-8-5-14(6-9-21)4-7-19-3/h11,14,19H,4-10H2,1-3H3. The zero-order valence-corrected chi connectivity index (χ0v) is 16.0. The minimum Gasteiger partial charge on any atom is -0.341 e. The molecule has 1 aliphatic heterocycles. The Morgan fingerprint density at radius 1 is 1.36 bits per heavy atom. The number of rotatable bonds is 5. The first-order chi connectivity index (χ1) is 12.0. The molecule has 7 heteroatoms. The first-order valence-corrected chi connectivity index (χ1v) is 9.70. The van der Waals surface area contributed by atoms with Crippen molar-refractivity contribution in [1.82, 2.24) is 19.8 Å². The average molecular weight is 362 g/mol. The number of hydrogen-bond donors (Lipinski definition) is 1. The third-order valence-electron chi connectivity index (χ3n) is 5.23. The van der Waals surface area contributed by atoms with Crippen LogP contribution in [0.25, 0.3) is 10.2 Å². The third kappa shape index (κ3) is 3.77. The van der Waals surface area contributed by atoms with Gasteiger partial charge in [-0.1, -0.05) is 0 Å². The number of carbonyl (C=O) groups is 1. The lowest BCUT2D eigenvalue weighted by molar-refractivity contribution is -0.133. The highest BCUT2D eigenvalue weighted by Crippen LogP contribution is 2.25. The van der Waals surface area contributed by atoms with Crippen LogP contribution in [-0.2, 0) is 11.3 Å². The number of amides is 1. The van der Waals surface area contributed by atoms with Crippen molar-refractivity contribution in [2.75, 3.05) is 26.7 Å². The summed E-state index contributed by atoms with van der Waals surface area (Å²) in [6.45, 7) is 6.62. The number of nitrogens with one attached hydrogen (secondary N) is 1. The molecular formula is C18H26N4O2S. The smallest absolute Gasteiger partial charge is 0.262 e. The molecule has 0 aliphatic carbocycles. The molecule has 1 aliphatic rings. The Kier molecular flexibility index (Phi) is 5.54. The maximum Gasteiger partial charge on any atom is 0.262 e. The number of piperidine rings is 1.